The zero-order valence-electron chi connectivity index (χ0n) is 12.1. The van der Waals surface area contributed by atoms with E-state index in [1.54, 1.807) is 24.3 Å². The second kappa shape index (κ2) is 4.24. The van der Waals surface area contributed by atoms with Gasteiger partial charge in [0.25, 0.3) is 0 Å². The molecule has 0 N–H and O–H groups in total. The number of hydrogen-bond acceptors (Lipinski definition) is 6. The number of ether oxygens (including phenoxy) is 2. The maximum Gasteiger partial charge on any atom is 0.344 e. The number of hydrogen-bond donors (Lipinski definition) is 0. The van der Waals surface area contributed by atoms with E-state index >= 15 is 0 Å². The molecule has 0 atom stereocenters. The normalized spacial score (nSPS) is 13.7. The molecule has 2 heterocycles. The molecule has 0 bridgehead atoms. The fourth-order valence-corrected chi connectivity index (χ4v) is 3.19. The fraction of sp³-hybridized carbons (Fsp3) is 0.0556. The van der Waals surface area contributed by atoms with Gasteiger partial charge in [0.1, 0.15) is 0 Å². The van der Waals surface area contributed by atoms with Gasteiger partial charge in [0.15, 0.2) is 23.0 Å². The van der Waals surface area contributed by atoms with Crippen molar-refractivity contribution in [3.63, 3.8) is 0 Å². The third-order valence-electron chi connectivity index (χ3n) is 4.29. The van der Waals surface area contributed by atoms with Gasteiger partial charge in [-0.1, -0.05) is 6.07 Å². The van der Waals surface area contributed by atoms with Crippen LogP contribution in [0.1, 0.15) is 21.5 Å². The molecule has 0 amide bonds. The van der Waals surface area contributed by atoms with E-state index in [9.17, 15) is 9.59 Å². The third-order valence-corrected chi connectivity index (χ3v) is 4.29. The van der Waals surface area contributed by atoms with Crippen molar-refractivity contribution in [2.75, 3.05) is 6.79 Å². The second-order valence-electron chi connectivity index (χ2n) is 5.55. The Labute approximate surface area is 134 Å². The van der Waals surface area contributed by atoms with Crippen LogP contribution in [-0.4, -0.2) is 12.6 Å². The summed E-state index contributed by atoms with van der Waals surface area (Å²) in [5, 5.41) is 9.68. The van der Waals surface area contributed by atoms with Crippen LogP contribution in [0.25, 0.3) is 22.1 Å². The van der Waals surface area contributed by atoms with Gasteiger partial charge in [-0.15, -0.1) is 0 Å². The predicted octanol–water partition coefficient (Wildman–Crippen LogP) is 2.60. The standard InChI is InChI=1S/C18H7NO5/c19-6-8-1-2-9-12(3-8)18(21)24-17-11-5-14-13(22-7-23-14)4-10(11)16(20)15(9)17/h1-5H,7H2. The molecule has 0 unspecified atom stereocenters. The predicted molar refractivity (Wildman–Crippen MR) is 82.2 cm³/mol. The number of carbonyl (C=O) groups excluding carboxylic acids is 1. The maximum atomic E-state index is 12.8. The molecule has 0 fully saturated rings. The van der Waals surface area contributed by atoms with Gasteiger partial charge in [-0.25, -0.2) is 4.79 Å². The highest BCUT2D eigenvalue weighted by Crippen LogP contribution is 2.45. The van der Waals surface area contributed by atoms with E-state index in [4.69, 9.17) is 19.2 Å². The molecular weight excluding hydrogens is 310 g/mol. The van der Waals surface area contributed by atoms with Gasteiger partial charge < -0.3 is 13.9 Å². The number of rotatable bonds is 0. The average molecular weight is 317 g/mol. The minimum Gasteiger partial charge on any atom is -0.454 e. The molecule has 6 nitrogen and oxygen atoms in total. The average Bonchev–Trinajstić information content (AvgIpc) is 3.16. The summed E-state index contributed by atoms with van der Waals surface area (Å²) in [5.41, 5.74) is 1.00. The van der Waals surface area contributed by atoms with Gasteiger partial charge in [0.2, 0.25) is 6.79 Å². The lowest BCUT2D eigenvalue weighted by Gasteiger charge is -2.03. The molecular formula is C18H7NO5. The summed E-state index contributed by atoms with van der Waals surface area (Å²) in [4.78, 5) is 25.2. The Hall–Kier alpha value is -3.59. The van der Waals surface area contributed by atoms with E-state index < -0.39 is 5.63 Å². The van der Waals surface area contributed by atoms with Crippen molar-refractivity contribution in [2.45, 2.75) is 0 Å². The first-order valence-electron chi connectivity index (χ1n) is 7.17. The van der Waals surface area contributed by atoms with Crippen molar-refractivity contribution in [1.29, 1.82) is 5.26 Å². The van der Waals surface area contributed by atoms with Gasteiger partial charge in [-0.2, -0.15) is 5.26 Å². The summed E-state index contributed by atoms with van der Waals surface area (Å²) < 4.78 is 16.0. The van der Waals surface area contributed by atoms with Crippen molar-refractivity contribution in [3.8, 4) is 28.9 Å². The number of nitriles is 1. The van der Waals surface area contributed by atoms with E-state index in [0.717, 1.165) is 0 Å². The highest BCUT2D eigenvalue weighted by atomic mass is 16.7. The molecule has 5 rings (SSSR count). The highest BCUT2D eigenvalue weighted by molar-refractivity contribution is 6.26. The van der Waals surface area contributed by atoms with Crippen LogP contribution in [0.5, 0.6) is 11.5 Å². The summed E-state index contributed by atoms with van der Waals surface area (Å²) in [6.07, 6.45) is 0. The van der Waals surface area contributed by atoms with Crippen LogP contribution < -0.4 is 15.1 Å². The molecule has 1 aromatic heterocycles. The highest BCUT2D eigenvalue weighted by Gasteiger charge is 2.34. The summed E-state index contributed by atoms with van der Waals surface area (Å²) in [6.45, 7) is 0.0951. The van der Waals surface area contributed by atoms with Gasteiger partial charge >= 0.3 is 5.63 Å². The van der Waals surface area contributed by atoms with Crippen LogP contribution in [-0.2, 0) is 0 Å². The largest absolute Gasteiger partial charge is 0.454 e. The minimum atomic E-state index is -0.584. The molecule has 0 saturated heterocycles. The van der Waals surface area contributed by atoms with Crippen molar-refractivity contribution in [3.05, 3.63) is 57.4 Å². The zero-order valence-corrected chi connectivity index (χ0v) is 12.1. The van der Waals surface area contributed by atoms with Crippen LogP contribution in [0, 0.1) is 11.3 Å². The van der Waals surface area contributed by atoms with E-state index in [1.807, 2.05) is 6.07 Å². The van der Waals surface area contributed by atoms with Gasteiger partial charge in [0, 0.05) is 16.5 Å². The van der Waals surface area contributed by atoms with Crippen molar-refractivity contribution in [1.82, 2.24) is 0 Å². The first kappa shape index (κ1) is 12.9. The number of ketones is 1. The molecule has 0 radical (unpaired) electrons. The van der Waals surface area contributed by atoms with E-state index in [-0.39, 0.29) is 23.7 Å². The van der Waals surface area contributed by atoms with Crippen LogP contribution in [0.2, 0.25) is 0 Å². The first-order chi connectivity index (χ1) is 11.7. The smallest absolute Gasteiger partial charge is 0.344 e. The number of fused-ring (bicyclic) bond motifs is 6. The molecule has 1 aliphatic heterocycles. The Kier molecular flexibility index (Phi) is 2.28. The van der Waals surface area contributed by atoms with E-state index in [0.29, 0.717) is 39.1 Å². The fourth-order valence-electron chi connectivity index (χ4n) is 3.19. The van der Waals surface area contributed by atoms with Crippen molar-refractivity contribution >= 4 is 16.6 Å². The molecule has 0 saturated carbocycles. The van der Waals surface area contributed by atoms with Crippen LogP contribution >= 0.6 is 0 Å². The summed E-state index contributed by atoms with van der Waals surface area (Å²) in [6, 6.07) is 9.85. The first-order valence-corrected chi connectivity index (χ1v) is 7.17. The minimum absolute atomic E-state index is 0.0951. The Bertz CT molecular complexity index is 1180. The Morgan fingerprint density at radius 2 is 1.71 bits per heavy atom. The van der Waals surface area contributed by atoms with Gasteiger partial charge in [-0.05, 0) is 24.3 Å². The molecule has 1 aliphatic carbocycles. The molecule has 114 valence electrons. The van der Waals surface area contributed by atoms with E-state index in [2.05, 4.69) is 0 Å². The Morgan fingerprint density at radius 1 is 0.958 bits per heavy atom. The van der Waals surface area contributed by atoms with Crippen LogP contribution in [0.4, 0.5) is 0 Å². The Morgan fingerprint density at radius 3 is 2.46 bits per heavy atom. The van der Waals surface area contributed by atoms with Crippen LogP contribution in [0.15, 0.2) is 39.5 Å². The SMILES string of the molecule is N#Cc1ccc2c3c(oc(=O)c2c1)-c1cc2c(cc1C3=O)OCO2. The third kappa shape index (κ3) is 1.48. The summed E-state index contributed by atoms with van der Waals surface area (Å²) in [5.74, 6) is 0.998. The molecule has 2 aliphatic rings. The summed E-state index contributed by atoms with van der Waals surface area (Å²) >= 11 is 0. The lowest BCUT2D eigenvalue weighted by molar-refractivity contribution is 0.104. The molecule has 0 spiro atoms. The second-order valence-corrected chi connectivity index (χ2v) is 5.55. The molecule has 3 aromatic rings. The lowest BCUT2D eigenvalue weighted by Crippen LogP contribution is -2.05. The lowest BCUT2D eigenvalue weighted by atomic mass is 10.0. The Balaban J connectivity index is 1.88. The number of carbonyl (C=O) groups is 1. The maximum absolute atomic E-state index is 12.8. The van der Waals surface area contributed by atoms with Crippen molar-refractivity contribution in [2.24, 2.45) is 0 Å². The van der Waals surface area contributed by atoms with Gasteiger partial charge in [0.05, 0.1) is 22.6 Å². The number of benzene rings is 2. The van der Waals surface area contributed by atoms with Crippen molar-refractivity contribution < 1.29 is 18.7 Å². The topological polar surface area (TPSA) is 89.5 Å². The number of nitrogens with zero attached hydrogens (tertiary/aromatic N) is 1. The molecule has 2 aromatic carbocycles. The zero-order chi connectivity index (χ0) is 16.4. The van der Waals surface area contributed by atoms with Crippen LogP contribution in [0.3, 0.4) is 0 Å². The quantitative estimate of drug-likeness (QED) is 0.495. The molecule has 24 heavy (non-hydrogen) atoms. The summed E-state index contributed by atoms with van der Waals surface area (Å²) in [7, 11) is 0. The van der Waals surface area contributed by atoms with Gasteiger partial charge in [-0.3, -0.25) is 4.79 Å². The van der Waals surface area contributed by atoms with E-state index in [1.165, 1.54) is 6.07 Å². The molecule has 6 heteroatoms. The monoisotopic (exact) mass is 317 g/mol.